The first-order valence-electron chi connectivity index (χ1n) is 5.46. The van der Waals surface area contributed by atoms with Gasteiger partial charge >= 0.3 is 18.1 Å². The summed E-state index contributed by atoms with van der Waals surface area (Å²) in [6.45, 7) is -0.252. The molecule has 0 bridgehead atoms. The summed E-state index contributed by atoms with van der Waals surface area (Å²) >= 11 is 0. The zero-order valence-corrected chi connectivity index (χ0v) is 9.94. The lowest BCUT2D eigenvalue weighted by atomic mass is 10.2. The summed E-state index contributed by atoms with van der Waals surface area (Å²) in [7, 11) is 0. The smallest absolute Gasteiger partial charge is 0.471 e. The van der Waals surface area contributed by atoms with Crippen LogP contribution in [0.15, 0.2) is 30.5 Å². The Kier molecular flexibility index (Phi) is 3.39. The number of alkyl halides is 3. The van der Waals surface area contributed by atoms with Gasteiger partial charge in [0.2, 0.25) is 0 Å². The molecule has 5 nitrogen and oxygen atoms in total. The molecule has 0 aliphatic rings. The molecule has 0 aliphatic heterocycles. The highest BCUT2D eigenvalue weighted by Crippen LogP contribution is 2.23. The minimum Gasteiger partial charge on any atom is -0.480 e. The van der Waals surface area contributed by atoms with Crippen molar-refractivity contribution in [3.8, 4) is 0 Å². The molecule has 2 N–H and O–H groups in total. The molecular formula is C12H9F3N2O3. The van der Waals surface area contributed by atoms with Gasteiger partial charge in [-0.15, -0.1) is 0 Å². The van der Waals surface area contributed by atoms with Crippen LogP contribution >= 0.6 is 0 Å². The van der Waals surface area contributed by atoms with Crippen LogP contribution in [-0.4, -0.2) is 27.7 Å². The molecule has 0 spiro atoms. The number of aromatic nitrogens is 1. The Morgan fingerprint density at radius 2 is 1.95 bits per heavy atom. The van der Waals surface area contributed by atoms with E-state index in [-0.39, 0.29) is 12.2 Å². The predicted molar refractivity (Wildman–Crippen MR) is 64.3 cm³/mol. The normalized spacial score (nSPS) is 11.6. The van der Waals surface area contributed by atoms with Crippen LogP contribution in [0.4, 0.5) is 18.9 Å². The van der Waals surface area contributed by atoms with Crippen molar-refractivity contribution in [2.75, 3.05) is 5.32 Å². The summed E-state index contributed by atoms with van der Waals surface area (Å²) in [5, 5.41) is 11.0. The van der Waals surface area contributed by atoms with Gasteiger partial charge in [-0.1, -0.05) is 0 Å². The molecule has 1 aromatic heterocycles. The van der Waals surface area contributed by atoms with E-state index in [1.165, 1.54) is 29.0 Å². The first-order chi connectivity index (χ1) is 9.27. The van der Waals surface area contributed by atoms with E-state index in [0.717, 1.165) is 0 Å². The average molecular weight is 286 g/mol. The second-order valence-corrected chi connectivity index (χ2v) is 4.06. The molecule has 1 heterocycles. The van der Waals surface area contributed by atoms with Crippen LogP contribution in [0.1, 0.15) is 0 Å². The Hall–Kier alpha value is -2.51. The van der Waals surface area contributed by atoms with E-state index in [9.17, 15) is 22.8 Å². The first-order valence-corrected chi connectivity index (χ1v) is 5.46. The van der Waals surface area contributed by atoms with Crippen molar-refractivity contribution < 1.29 is 27.9 Å². The van der Waals surface area contributed by atoms with Crippen molar-refractivity contribution in [3.05, 3.63) is 30.5 Å². The molecule has 0 saturated carbocycles. The van der Waals surface area contributed by atoms with Crippen LogP contribution in [0.25, 0.3) is 10.9 Å². The van der Waals surface area contributed by atoms with Crippen molar-refractivity contribution in [1.29, 1.82) is 0 Å². The molecule has 0 aliphatic carbocycles. The fourth-order valence-electron chi connectivity index (χ4n) is 1.76. The SMILES string of the molecule is O=C(O)Cn1ccc2cc(NC(=O)C(F)(F)F)ccc21. The van der Waals surface area contributed by atoms with Crippen LogP contribution < -0.4 is 5.32 Å². The number of carboxylic acids is 1. The molecule has 2 rings (SSSR count). The summed E-state index contributed by atoms with van der Waals surface area (Å²) in [6.07, 6.45) is -3.45. The van der Waals surface area contributed by atoms with E-state index in [0.29, 0.717) is 10.9 Å². The summed E-state index contributed by atoms with van der Waals surface area (Å²) in [5.41, 5.74) is 0.547. The maximum Gasteiger partial charge on any atom is 0.471 e. The highest BCUT2D eigenvalue weighted by atomic mass is 19.4. The summed E-state index contributed by atoms with van der Waals surface area (Å²) in [5.74, 6) is -3.08. The van der Waals surface area contributed by atoms with Crippen molar-refractivity contribution in [2.45, 2.75) is 12.7 Å². The second-order valence-electron chi connectivity index (χ2n) is 4.06. The number of rotatable bonds is 3. The van der Waals surface area contributed by atoms with Crippen LogP contribution in [-0.2, 0) is 16.1 Å². The number of benzene rings is 1. The van der Waals surface area contributed by atoms with Gasteiger partial charge in [0.25, 0.3) is 0 Å². The number of carboxylic acid groups (broad SMARTS) is 1. The van der Waals surface area contributed by atoms with Gasteiger partial charge in [0.05, 0.1) is 0 Å². The Bertz CT molecular complexity index is 676. The molecule has 2 aromatic rings. The number of aliphatic carboxylic acids is 1. The number of halogens is 3. The van der Waals surface area contributed by atoms with E-state index in [1.807, 2.05) is 0 Å². The molecule has 0 saturated heterocycles. The van der Waals surface area contributed by atoms with Crippen LogP contribution in [0.5, 0.6) is 0 Å². The van der Waals surface area contributed by atoms with Gasteiger partial charge in [-0.3, -0.25) is 9.59 Å². The Morgan fingerprint density at radius 1 is 1.25 bits per heavy atom. The van der Waals surface area contributed by atoms with Crippen LogP contribution in [0.3, 0.4) is 0 Å². The fourth-order valence-corrected chi connectivity index (χ4v) is 1.76. The number of nitrogens with zero attached hydrogens (tertiary/aromatic N) is 1. The second kappa shape index (κ2) is 4.87. The summed E-state index contributed by atoms with van der Waals surface area (Å²) in [6, 6.07) is 5.63. The highest BCUT2D eigenvalue weighted by molar-refractivity contribution is 5.97. The number of hydrogen-bond acceptors (Lipinski definition) is 2. The molecule has 1 amide bonds. The van der Waals surface area contributed by atoms with Crippen molar-refractivity contribution in [2.24, 2.45) is 0 Å². The van der Waals surface area contributed by atoms with Crippen LogP contribution in [0.2, 0.25) is 0 Å². The van der Waals surface area contributed by atoms with Crippen LogP contribution in [0, 0.1) is 0 Å². The third kappa shape index (κ3) is 2.90. The van der Waals surface area contributed by atoms with Gasteiger partial charge in [0.15, 0.2) is 0 Å². The van der Waals surface area contributed by atoms with E-state index < -0.39 is 18.1 Å². The topological polar surface area (TPSA) is 71.3 Å². The number of carbonyl (C=O) groups is 2. The third-order valence-corrected chi connectivity index (χ3v) is 2.59. The summed E-state index contributed by atoms with van der Waals surface area (Å²) in [4.78, 5) is 21.4. The zero-order chi connectivity index (χ0) is 14.9. The largest absolute Gasteiger partial charge is 0.480 e. The maximum atomic E-state index is 12.1. The maximum absolute atomic E-state index is 12.1. The molecule has 106 valence electrons. The third-order valence-electron chi connectivity index (χ3n) is 2.59. The molecule has 0 fully saturated rings. The monoisotopic (exact) mass is 286 g/mol. The fraction of sp³-hybridized carbons (Fsp3) is 0.167. The Balaban J connectivity index is 2.27. The van der Waals surface area contributed by atoms with Gasteiger partial charge < -0.3 is 15.0 Å². The minimum atomic E-state index is -4.95. The van der Waals surface area contributed by atoms with Gasteiger partial charge in [0, 0.05) is 22.8 Å². The lowest BCUT2D eigenvalue weighted by Gasteiger charge is -2.08. The molecule has 0 radical (unpaired) electrons. The number of nitrogens with one attached hydrogen (secondary N) is 1. The Morgan fingerprint density at radius 3 is 2.55 bits per heavy atom. The van der Waals surface area contributed by atoms with Gasteiger partial charge in [-0.2, -0.15) is 13.2 Å². The van der Waals surface area contributed by atoms with Crippen molar-refractivity contribution in [1.82, 2.24) is 4.57 Å². The predicted octanol–water partition coefficient (Wildman–Crippen LogP) is 2.23. The van der Waals surface area contributed by atoms with Gasteiger partial charge in [-0.05, 0) is 24.3 Å². The molecule has 20 heavy (non-hydrogen) atoms. The molecule has 8 heteroatoms. The van der Waals surface area contributed by atoms with E-state index in [4.69, 9.17) is 5.11 Å². The number of fused-ring (bicyclic) bond motifs is 1. The van der Waals surface area contributed by atoms with E-state index in [1.54, 1.807) is 11.4 Å². The first kappa shape index (κ1) is 13.9. The average Bonchev–Trinajstić information content (AvgIpc) is 2.70. The van der Waals surface area contributed by atoms with Crippen molar-refractivity contribution >= 4 is 28.5 Å². The number of anilines is 1. The van der Waals surface area contributed by atoms with Gasteiger partial charge in [0.1, 0.15) is 6.54 Å². The quantitative estimate of drug-likeness (QED) is 0.908. The Labute approximate surface area is 110 Å². The summed E-state index contributed by atoms with van der Waals surface area (Å²) < 4.78 is 37.8. The zero-order valence-electron chi connectivity index (χ0n) is 9.94. The van der Waals surface area contributed by atoms with Gasteiger partial charge in [-0.25, -0.2) is 0 Å². The van der Waals surface area contributed by atoms with Crippen molar-refractivity contribution in [3.63, 3.8) is 0 Å². The number of amides is 1. The lowest BCUT2D eigenvalue weighted by Crippen LogP contribution is -2.29. The lowest BCUT2D eigenvalue weighted by molar-refractivity contribution is -0.167. The molecule has 1 aromatic carbocycles. The highest BCUT2D eigenvalue weighted by Gasteiger charge is 2.38. The standard InChI is InChI=1S/C12H9F3N2O3/c13-12(14,15)11(20)16-8-1-2-9-7(5-8)3-4-17(9)6-10(18)19/h1-5H,6H2,(H,16,20)(H,18,19). The van der Waals surface area contributed by atoms with E-state index >= 15 is 0 Å². The molecule has 0 unspecified atom stereocenters. The number of hydrogen-bond donors (Lipinski definition) is 2. The molecule has 0 atom stereocenters. The molecular weight excluding hydrogens is 277 g/mol. The number of carbonyl (C=O) groups excluding carboxylic acids is 1. The minimum absolute atomic E-state index is 0.00657. The van der Waals surface area contributed by atoms with E-state index in [2.05, 4.69) is 0 Å².